The van der Waals surface area contributed by atoms with E-state index in [1.807, 2.05) is 6.92 Å². The minimum atomic E-state index is -0.330. The number of hydrogen-bond donors (Lipinski definition) is 3. The minimum Gasteiger partial charge on any atom is -0.392 e. The topological polar surface area (TPSA) is 52.5 Å². The van der Waals surface area contributed by atoms with Crippen molar-refractivity contribution in [3.8, 4) is 0 Å². The molecule has 0 rings (SSSR count). The third kappa shape index (κ3) is 6.01. The predicted molar refractivity (Wildman–Crippen MR) is 40.8 cm³/mol. The second-order valence-electron chi connectivity index (χ2n) is 2.57. The van der Waals surface area contributed by atoms with Crippen molar-refractivity contribution < 1.29 is 10.2 Å². The summed E-state index contributed by atoms with van der Waals surface area (Å²) in [5.41, 5.74) is 0. The van der Waals surface area contributed by atoms with Crippen LogP contribution in [0.3, 0.4) is 0 Å². The molecule has 0 amide bonds. The molecule has 0 spiro atoms. The van der Waals surface area contributed by atoms with Crippen LogP contribution < -0.4 is 5.32 Å². The molecule has 0 aromatic rings. The fourth-order valence-electron chi connectivity index (χ4n) is 0.603. The third-order valence-corrected chi connectivity index (χ3v) is 1.29. The van der Waals surface area contributed by atoms with E-state index < -0.39 is 0 Å². The molecule has 3 nitrogen and oxygen atoms in total. The smallest absolute Gasteiger partial charge is 0.0662 e. The fraction of sp³-hybridized carbons (Fsp3) is 1.00. The average molecular weight is 147 g/mol. The van der Waals surface area contributed by atoms with Crippen LogP contribution in [0.4, 0.5) is 0 Å². The molecule has 0 aliphatic carbocycles. The van der Waals surface area contributed by atoms with E-state index in [-0.39, 0.29) is 12.2 Å². The van der Waals surface area contributed by atoms with Crippen LogP contribution in [0.2, 0.25) is 0 Å². The van der Waals surface area contributed by atoms with Gasteiger partial charge in [-0.25, -0.2) is 0 Å². The maximum absolute atomic E-state index is 9.03. The summed E-state index contributed by atoms with van der Waals surface area (Å²) in [7, 11) is 0. The normalized spacial score (nSPS) is 16.8. The molecule has 0 heterocycles. The van der Waals surface area contributed by atoms with Gasteiger partial charge in [0, 0.05) is 13.1 Å². The monoisotopic (exact) mass is 147 g/mol. The van der Waals surface area contributed by atoms with Gasteiger partial charge in [-0.05, 0) is 13.3 Å². The Labute approximate surface area is 62.1 Å². The van der Waals surface area contributed by atoms with Gasteiger partial charge < -0.3 is 15.5 Å². The quantitative estimate of drug-likeness (QED) is 0.501. The van der Waals surface area contributed by atoms with Crippen molar-refractivity contribution in [2.45, 2.75) is 32.5 Å². The Kier molecular flexibility index (Phi) is 5.58. The largest absolute Gasteiger partial charge is 0.392 e. The highest BCUT2D eigenvalue weighted by Gasteiger charge is 1.99. The molecule has 3 N–H and O–H groups in total. The molecule has 0 aromatic heterocycles. The minimum absolute atomic E-state index is 0.279. The number of nitrogens with one attached hydrogen (secondary N) is 1. The van der Waals surface area contributed by atoms with Gasteiger partial charge in [0.2, 0.25) is 0 Å². The molecule has 10 heavy (non-hydrogen) atoms. The van der Waals surface area contributed by atoms with Gasteiger partial charge >= 0.3 is 0 Å². The zero-order chi connectivity index (χ0) is 7.98. The predicted octanol–water partition coefficient (Wildman–Crippen LogP) is -0.272. The lowest BCUT2D eigenvalue weighted by Gasteiger charge is -2.09. The lowest BCUT2D eigenvalue weighted by molar-refractivity contribution is 0.150. The molecule has 1 unspecified atom stereocenters. The first kappa shape index (κ1) is 9.88. The van der Waals surface area contributed by atoms with Crippen LogP contribution in [0, 0.1) is 0 Å². The Morgan fingerprint density at radius 3 is 2.30 bits per heavy atom. The standard InChI is InChI=1S/C7H17NO2/c1-3-7(10)5-8-4-6(2)9/h6-10H,3-5H2,1-2H3/t6?,7-/m0/s1. The molecule has 0 aromatic carbocycles. The van der Waals surface area contributed by atoms with Gasteiger partial charge in [0.05, 0.1) is 12.2 Å². The SMILES string of the molecule is CC[C@H](O)CNCC(C)O. The van der Waals surface area contributed by atoms with Crippen LogP contribution in [-0.2, 0) is 0 Å². The van der Waals surface area contributed by atoms with Gasteiger partial charge in [-0.15, -0.1) is 0 Å². The molecule has 0 aliphatic heterocycles. The van der Waals surface area contributed by atoms with Gasteiger partial charge in [0.15, 0.2) is 0 Å². The summed E-state index contributed by atoms with van der Waals surface area (Å²) in [6.07, 6.45) is 0.148. The molecule has 0 radical (unpaired) electrons. The molecule has 2 atom stereocenters. The number of rotatable bonds is 5. The van der Waals surface area contributed by atoms with Crippen molar-refractivity contribution in [3.05, 3.63) is 0 Å². The maximum atomic E-state index is 9.03. The molecule has 3 heteroatoms. The number of aliphatic hydroxyl groups excluding tert-OH is 2. The molecule has 0 saturated heterocycles. The van der Waals surface area contributed by atoms with Crippen LogP contribution in [0.15, 0.2) is 0 Å². The van der Waals surface area contributed by atoms with E-state index in [9.17, 15) is 0 Å². The Morgan fingerprint density at radius 1 is 1.30 bits per heavy atom. The number of hydrogen-bond acceptors (Lipinski definition) is 3. The second-order valence-corrected chi connectivity index (χ2v) is 2.57. The van der Waals surface area contributed by atoms with Crippen LogP contribution in [0.25, 0.3) is 0 Å². The summed E-state index contributed by atoms with van der Waals surface area (Å²) in [6, 6.07) is 0. The Morgan fingerprint density at radius 2 is 1.90 bits per heavy atom. The lowest BCUT2D eigenvalue weighted by Crippen LogP contribution is -2.31. The van der Waals surface area contributed by atoms with Crippen molar-refractivity contribution >= 4 is 0 Å². The fourth-order valence-corrected chi connectivity index (χ4v) is 0.603. The van der Waals surface area contributed by atoms with Crippen molar-refractivity contribution in [1.29, 1.82) is 0 Å². The highest BCUT2D eigenvalue weighted by molar-refractivity contribution is 4.58. The van der Waals surface area contributed by atoms with Gasteiger partial charge in [-0.3, -0.25) is 0 Å². The van der Waals surface area contributed by atoms with Gasteiger partial charge in [0.1, 0.15) is 0 Å². The molecule has 62 valence electrons. The Hall–Kier alpha value is -0.120. The summed E-state index contributed by atoms with van der Waals surface area (Å²) in [5.74, 6) is 0. The van der Waals surface area contributed by atoms with E-state index in [2.05, 4.69) is 5.32 Å². The molecule has 0 fully saturated rings. The summed E-state index contributed by atoms with van der Waals surface area (Å²) in [5, 5.41) is 20.8. The van der Waals surface area contributed by atoms with Crippen molar-refractivity contribution in [2.24, 2.45) is 0 Å². The van der Waals surface area contributed by atoms with Crippen molar-refractivity contribution in [2.75, 3.05) is 13.1 Å². The molecule has 0 bridgehead atoms. The lowest BCUT2D eigenvalue weighted by atomic mass is 10.3. The number of aliphatic hydroxyl groups is 2. The van der Waals surface area contributed by atoms with Crippen LogP contribution in [0.1, 0.15) is 20.3 Å². The van der Waals surface area contributed by atoms with Gasteiger partial charge in [-0.1, -0.05) is 6.92 Å². The van der Waals surface area contributed by atoms with E-state index in [1.54, 1.807) is 6.92 Å². The molecular weight excluding hydrogens is 130 g/mol. The molecular formula is C7H17NO2. The molecule has 0 saturated carbocycles. The zero-order valence-corrected chi connectivity index (χ0v) is 6.67. The Bertz CT molecular complexity index is 76.0. The van der Waals surface area contributed by atoms with E-state index in [0.29, 0.717) is 13.1 Å². The summed E-state index contributed by atoms with van der Waals surface area (Å²) >= 11 is 0. The highest BCUT2D eigenvalue weighted by atomic mass is 16.3. The third-order valence-electron chi connectivity index (χ3n) is 1.29. The maximum Gasteiger partial charge on any atom is 0.0662 e. The summed E-state index contributed by atoms with van der Waals surface area (Å²) in [6.45, 7) is 4.76. The zero-order valence-electron chi connectivity index (χ0n) is 6.67. The second kappa shape index (κ2) is 5.65. The van der Waals surface area contributed by atoms with E-state index >= 15 is 0 Å². The summed E-state index contributed by atoms with van der Waals surface area (Å²) < 4.78 is 0. The Balaban J connectivity index is 3.03. The first-order valence-corrected chi connectivity index (χ1v) is 3.73. The van der Waals surface area contributed by atoms with E-state index in [1.165, 1.54) is 0 Å². The van der Waals surface area contributed by atoms with Crippen LogP contribution in [0.5, 0.6) is 0 Å². The van der Waals surface area contributed by atoms with E-state index in [4.69, 9.17) is 10.2 Å². The first-order chi connectivity index (χ1) is 4.66. The average Bonchev–Trinajstić information content (AvgIpc) is 1.87. The summed E-state index contributed by atoms with van der Waals surface area (Å²) in [4.78, 5) is 0. The first-order valence-electron chi connectivity index (χ1n) is 3.73. The van der Waals surface area contributed by atoms with Gasteiger partial charge in [-0.2, -0.15) is 0 Å². The van der Waals surface area contributed by atoms with Crippen LogP contribution in [-0.4, -0.2) is 35.5 Å². The van der Waals surface area contributed by atoms with Crippen LogP contribution >= 0.6 is 0 Å². The van der Waals surface area contributed by atoms with Crippen molar-refractivity contribution in [3.63, 3.8) is 0 Å². The van der Waals surface area contributed by atoms with Crippen molar-refractivity contribution in [1.82, 2.24) is 5.32 Å². The van der Waals surface area contributed by atoms with Gasteiger partial charge in [0.25, 0.3) is 0 Å². The molecule has 0 aliphatic rings. The highest BCUT2D eigenvalue weighted by Crippen LogP contribution is 1.86. The van der Waals surface area contributed by atoms with E-state index in [0.717, 1.165) is 6.42 Å².